The summed E-state index contributed by atoms with van der Waals surface area (Å²) in [4.78, 5) is 34.6. The Morgan fingerprint density at radius 1 is 1.09 bits per heavy atom. The lowest BCUT2D eigenvalue weighted by Crippen LogP contribution is -2.35. The van der Waals surface area contributed by atoms with Crippen molar-refractivity contribution in [3.8, 4) is 0 Å². The number of hydrogen-bond donors (Lipinski definition) is 1. The van der Waals surface area contributed by atoms with E-state index in [4.69, 9.17) is 16.7 Å². The minimum Gasteiger partial charge on any atom is -0.480 e. The zero-order valence-electron chi connectivity index (χ0n) is 11.7. The number of benzene rings is 2. The average Bonchev–Trinajstić information content (AvgIpc) is 2.52. The fraction of sp³-hybridized carbons (Fsp3) is 0.0667. The number of rotatable bonds is 5. The normalized spacial score (nSPS) is 10.1. The van der Waals surface area contributed by atoms with Crippen LogP contribution < -0.4 is 4.90 Å². The first-order chi connectivity index (χ1) is 10.9. The summed E-state index contributed by atoms with van der Waals surface area (Å²) in [5, 5.41) is 20.1. The summed E-state index contributed by atoms with van der Waals surface area (Å²) in [6.45, 7) is -0.570. The molecular formula is C15H11ClN2O5. The molecule has 118 valence electrons. The molecule has 0 atom stereocenters. The van der Waals surface area contributed by atoms with Crippen molar-refractivity contribution in [2.45, 2.75) is 0 Å². The molecule has 1 N–H and O–H groups in total. The summed E-state index contributed by atoms with van der Waals surface area (Å²) in [5.41, 5.74) is 0.356. The minimum atomic E-state index is -1.20. The largest absolute Gasteiger partial charge is 0.480 e. The second kappa shape index (κ2) is 6.89. The van der Waals surface area contributed by atoms with E-state index in [0.29, 0.717) is 5.02 Å². The van der Waals surface area contributed by atoms with E-state index in [0.717, 1.165) is 4.90 Å². The van der Waals surface area contributed by atoms with Gasteiger partial charge in [0.25, 0.3) is 11.6 Å². The van der Waals surface area contributed by atoms with E-state index in [2.05, 4.69) is 0 Å². The molecule has 0 aliphatic rings. The molecule has 8 heteroatoms. The Morgan fingerprint density at radius 3 is 2.13 bits per heavy atom. The predicted molar refractivity (Wildman–Crippen MR) is 83.9 cm³/mol. The Morgan fingerprint density at radius 2 is 1.65 bits per heavy atom. The highest BCUT2D eigenvalue weighted by molar-refractivity contribution is 6.30. The molecule has 2 aromatic carbocycles. The van der Waals surface area contributed by atoms with Crippen LogP contribution >= 0.6 is 11.6 Å². The third-order valence-corrected chi connectivity index (χ3v) is 3.25. The van der Waals surface area contributed by atoms with Gasteiger partial charge in [0.1, 0.15) is 6.54 Å². The molecule has 0 aromatic heterocycles. The molecule has 0 aliphatic carbocycles. The number of hydrogen-bond acceptors (Lipinski definition) is 4. The van der Waals surface area contributed by atoms with Crippen LogP contribution in [-0.4, -0.2) is 28.5 Å². The Labute approximate surface area is 135 Å². The van der Waals surface area contributed by atoms with Crippen LogP contribution in [-0.2, 0) is 4.79 Å². The number of carbonyl (C=O) groups is 2. The van der Waals surface area contributed by atoms with Gasteiger partial charge in [-0.3, -0.25) is 24.6 Å². The highest BCUT2D eigenvalue weighted by Crippen LogP contribution is 2.21. The number of halogens is 1. The summed E-state index contributed by atoms with van der Waals surface area (Å²) in [7, 11) is 0. The topological polar surface area (TPSA) is 101 Å². The maximum absolute atomic E-state index is 12.5. The van der Waals surface area contributed by atoms with E-state index in [1.54, 1.807) is 0 Å². The number of non-ortho nitro benzene ring substituents is 1. The molecule has 7 nitrogen and oxygen atoms in total. The molecule has 0 saturated carbocycles. The van der Waals surface area contributed by atoms with Crippen LogP contribution in [0, 0.1) is 10.1 Å². The standard InChI is InChI=1S/C15H11ClN2O5/c16-11-3-1-10(2-4-11)15(21)17(9-14(19)20)12-5-7-13(8-6-12)18(22)23/h1-8H,9H2,(H,19,20). The van der Waals surface area contributed by atoms with Gasteiger partial charge >= 0.3 is 5.97 Å². The summed E-state index contributed by atoms with van der Waals surface area (Å²) < 4.78 is 0. The summed E-state index contributed by atoms with van der Waals surface area (Å²) in [6.07, 6.45) is 0. The first kappa shape index (κ1) is 16.4. The lowest BCUT2D eigenvalue weighted by atomic mass is 10.1. The van der Waals surface area contributed by atoms with Crippen molar-refractivity contribution < 1.29 is 19.6 Å². The monoisotopic (exact) mass is 334 g/mol. The van der Waals surface area contributed by atoms with Crippen LogP contribution in [0.1, 0.15) is 10.4 Å². The molecule has 2 rings (SSSR count). The van der Waals surface area contributed by atoms with Crippen molar-refractivity contribution >= 4 is 34.9 Å². The van der Waals surface area contributed by atoms with Gasteiger partial charge in [0, 0.05) is 28.4 Å². The summed E-state index contributed by atoms with van der Waals surface area (Å²) >= 11 is 5.76. The van der Waals surface area contributed by atoms with Crippen LogP contribution in [0.4, 0.5) is 11.4 Å². The van der Waals surface area contributed by atoms with E-state index < -0.39 is 23.3 Å². The molecule has 0 saturated heterocycles. The van der Waals surface area contributed by atoms with E-state index >= 15 is 0 Å². The van der Waals surface area contributed by atoms with Crippen molar-refractivity contribution in [1.29, 1.82) is 0 Å². The molecule has 0 bridgehead atoms. The number of nitro benzene ring substituents is 1. The van der Waals surface area contributed by atoms with Crippen molar-refractivity contribution in [3.63, 3.8) is 0 Å². The minimum absolute atomic E-state index is 0.150. The number of nitrogens with zero attached hydrogens (tertiary/aromatic N) is 2. The van der Waals surface area contributed by atoms with Crippen molar-refractivity contribution in [2.75, 3.05) is 11.4 Å². The van der Waals surface area contributed by atoms with E-state index in [-0.39, 0.29) is 16.9 Å². The van der Waals surface area contributed by atoms with Crippen LogP contribution in [0.2, 0.25) is 5.02 Å². The number of carbonyl (C=O) groups excluding carboxylic acids is 1. The fourth-order valence-corrected chi connectivity index (χ4v) is 2.04. The molecule has 23 heavy (non-hydrogen) atoms. The molecule has 0 unspecified atom stereocenters. The maximum Gasteiger partial charge on any atom is 0.323 e. The number of aliphatic carboxylic acids is 1. The summed E-state index contributed by atoms with van der Waals surface area (Å²) in [6, 6.07) is 11.1. The van der Waals surface area contributed by atoms with Gasteiger partial charge in [0.05, 0.1) is 4.92 Å². The van der Waals surface area contributed by atoms with Gasteiger partial charge in [0.2, 0.25) is 0 Å². The molecule has 2 aromatic rings. The number of nitro groups is 1. The third kappa shape index (κ3) is 4.04. The third-order valence-electron chi connectivity index (χ3n) is 3.00. The van der Waals surface area contributed by atoms with Gasteiger partial charge in [0.15, 0.2) is 0 Å². The zero-order valence-corrected chi connectivity index (χ0v) is 12.4. The van der Waals surface area contributed by atoms with Gasteiger partial charge < -0.3 is 5.11 Å². The van der Waals surface area contributed by atoms with Crippen molar-refractivity contribution in [2.24, 2.45) is 0 Å². The van der Waals surface area contributed by atoms with Crippen molar-refractivity contribution in [1.82, 2.24) is 0 Å². The van der Waals surface area contributed by atoms with Crippen LogP contribution in [0.15, 0.2) is 48.5 Å². The Bertz CT molecular complexity index is 743. The molecule has 0 fully saturated rings. The lowest BCUT2D eigenvalue weighted by Gasteiger charge is -2.20. The van der Waals surface area contributed by atoms with Crippen LogP contribution in [0.3, 0.4) is 0 Å². The van der Waals surface area contributed by atoms with Gasteiger partial charge in [-0.05, 0) is 36.4 Å². The fourth-order valence-electron chi connectivity index (χ4n) is 1.92. The number of amides is 1. The van der Waals surface area contributed by atoms with Gasteiger partial charge in [-0.1, -0.05) is 11.6 Å². The SMILES string of the molecule is O=C(O)CN(C(=O)c1ccc(Cl)cc1)c1ccc([N+](=O)[O-])cc1. The first-order valence-corrected chi connectivity index (χ1v) is 6.80. The highest BCUT2D eigenvalue weighted by atomic mass is 35.5. The molecule has 0 radical (unpaired) electrons. The quantitative estimate of drug-likeness (QED) is 0.669. The number of carboxylic acid groups (broad SMARTS) is 1. The molecule has 0 spiro atoms. The van der Waals surface area contributed by atoms with E-state index in [9.17, 15) is 19.7 Å². The summed E-state index contributed by atoms with van der Waals surface area (Å²) in [5.74, 6) is -1.75. The predicted octanol–water partition coefficient (Wildman–Crippen LogP) is 2.98. The number of carboxylic acids is 1. The second-order valence-electron chi connectivity index (χ2n) is 4.57. The molecule has 0 heterocycles. The molecule has 1 amide bonds. The first-order valence-electron chi connectivity index (χ1n) is 6.42. The van der Waals surface area contributed by atoms with E-state index in [1.807, 2.05) is 0 Å². The Kier molecular flexibility index (Phi) is 4.92. The van der Waals surface area contributed by atoms with E-state index in [1.165, 1.54) is 48.5 Å². The molecular weight excluding hydrogens is 324 g/mol. The molecule has 0 aliphatic heterocycles. The average molecular weight is 335 g/mol. The number of anilines is 1. The van der Waals surface area contributed by atoms with Gasteiger partial charge in [-0.25, -0.2) is 0 Å². The van der Waals surface area contributed by atoms with Crippen molar-refractivity contribution in [3.05, 3.63) is 69.2 Å². The smallest absolute Gasteiger partial charge is 0.323 e. The zero-order chi connectivity index (χ0) is 17.0. The highest BCUT2D eigenvalue weighted by Gasteiger charge is 2.21. The van der Waals surface area contributed by atoms with Crippen LogP contribution in [0.25, 0.3) is 0 Å². The maximum atomic E-state index is 12.5. The Hall–Kier alpha value is -2.93. The van der Waals surface area contributed by atoms with Crippen LogP contribution in [0.5, 0.6) is 0 Å². The van der Waals surface area contributed by atoms with Gasteiger partial charge in [-0.15, -0.1) is 0 Å². The Balaban J connectivity index is 2.36. The second-order valence-corrected chi connectivity index (χ2v) is 5.00. The lowest BCUT2D eigenvalue weighted by molar-refractivity contribution is -0.384. The van der Waals surface area contributed by atoms with Gasteiger partial charge in [-0.2, -0.15) is 0 Å².